The van der Waals surface area contributed by atoms with Gasteiger partial charge in [0.15, 0.2) is 0 Å². The van der Waals surface area contributed by atoms with Crippen LogP contribution in [0.3, 0.4) is 0 Å². The van der Waals surface area contributed by atoms with Gasteiger partial charge in [-0.1, -0.05) is 12.1 Å². The lowest BCUT2D eigenvalue weighted by atomic mass is 9.95. The van der Waals surface area contributed by atoms with Gasteiger partial charge in [-0.15, -0.1) is 11.3 Å². The molecule has 6 rings (SSSR count). The molecule has 1 atom stereocenters. The Labute approximate surface area is 207 Å². The molecule has 0 spiro atoms. The van der Waals surface area contributed by atoms with Crippen molar-refractivity contribution in [2.24, 2.45) is 0 Å². The number of thiophene rings is 1. The molecule has 0 bridgehead atoms. The van der Waals surface area contributed by atoms with Crippen molar-refractivity contribution < 1.29 is 13.9 Å². The second kappa shape index (κ2) is 8.89. The summed E-state index contributed by atoms with van der Waals surface area (Å²) in [6.07, 6.45) is 6.62. The van der Waals surface area contributed by atoms with Gasteiger partial charge < -0.3 is 19.5 Å². The van der Waals surface area contributed by atoms with Crippen molar-refractivity contribution in [2.45, 2.75) is 38.3 Å². The summed E-state index contributed by atoms with van der Waals surface area (Å²) in [4.78, 5) is 17.2. The van der Waals surface area contributed by atoms with E-state index in [1.807, 2.05) is 46.6 Å². The third kappa shape index (κ3) is 3.90. The number of rotatable bonds is 3. The smallest absolute Gasteiger partial charge is 0.322 e. The van der Waals surface area contributed by atoms with Gasteiger partial charge >= 0.3 is 6.03 Å². The molecule has 5 nitrogen and oxygen atoms in total. The molecule has 0 unspecified atom stereocenters. The molecule has 0 saturated heterocycles. The van der Waals surface area contributed by atoms with Crippen molar-refractivity contribution in [2.75, 3.05) is 12.4 Å². The van der Waals surface area contributed by atoms with Crippen LogP contribution in [0.1, 0.15) is 46.1 Å². The minimum absolute atomic E-state index is 0.194. The quantitative estimate of drug-likeness (QED) is 0.349. The van der Waals surface area contributed by atoms with E-state index in [1.54, 1.807) is 19.2 Å². The van der Waals surface area contributed by atoms with E-state index in [0.717, 1.165) is 29.8 Å². The lowest BCUT2D eigenvalue weighted by Gasteiger charge is -2.31. The molecular formula is C28H26FN3O2S. The largest absolute Gasteiger partial charge is 0.497 e. The second-order valence-electron chi connectivity index (χ2n) is 9.04. The summed E-state index contributed by atoms with van der Waals surface area (Å²) in [6.45, 7) is 0.493. The molecule has 178 valence electrons. The van der Waals surface area contributed by atoms with Gasteiger partial charge in [0.2, 0.25) is 0 Å². The van der Waals surface area contributed by atoms with Gasteiger partial charge in [-0.05, 0) is 85.3 Å². The number of anilines is 1. The van der Waals surface area contributed by atoms with Crippen LogP contribution >= 0.6 is 11.3 Å². The fourth-order valence-corrected chi connectivity index (χ4v) is 6.66. The van der Waals surface area contributed by atoms with E-state index in [1.165, 1.54) is 46.0 Å². The number of ether oxygens (including phenoxy) is 1. The number of hydrogen-bond donors (Lipinski definition) is 1. The number of amides is 2. The van der Waals surface area contributed by atoms with Gasteiger partial charge in [0.25, 0.3) is 0 Å². The SMILES string of the molecule is COc1ccc(NC(=O)N2Cc3c(sc4c3CCCC4)-n3cccc3[C@H]2c2ccc(F)cc2)cc1. The Kier molecular flexibility index (Phi) is 5.57. The van der Waals surface area contributed by atoms with Crippen LogP contribution in [0.2, 0.25) is 0 Å². The summed E-state index contributed by atoms with van der Waals surface area (Å²) in [5.41, 5.74) is 5.20. The second-order valence-corrected chi connectivity index (χ2v) is 10.1. The molecule has 7 heteroatoms. The van der Waals surface area contributed by atoms with Crippen molar-refractivity contribution >= 4 is 23.1 Å². The zero-order valence-corrected chi connectivity index (χ0v) is 20.3. The summed E-state index contributed by atoms with van der Waals surface area (Å²) in [7, 11) is 1.62. The summed E-state index contributed by atoms with van der Waals surface area (Å²) < 4.78 is 21.3. The van der Waals surface area contributed by atoms with Crippen molar-refractivity contribution in [3.63, 3.8) is 0 Å². The Morgan fingerprint density at radius 1 is 1.03 bits per heavy atom. The molecule has 35 heavy (non-hydrogen) atoms. The molecule has 0 fully saturated rings. The molecule has 4 aromatic rings. The highest BCUT2D eigenvalue weighted by molar-refractivity contribution is 7.15. The molecule has 2 aliphatic rings. The molecule has 1 aliphatic heterocycles. The number of aryl methyl sites for hydroxylation is 1. The zero-order valence-electron chi connectivity index (χ0n) is 19.5. The summed E-state index contributed by atoms with van der Waals surface area (Å²) in [6, 6.07) is 17.3. The van der Waals surface area contributed by atoms with E-state index in [4.69, 9.17) is 4.74 Å². The molecule has 2 aromatic carbocycles. The number of carbonyl (C=O) groups excluding carboxylic acids is 1. The van der Waals surface area contributed by atoms with Crippen LogP contribution in [0, 0.1) is 5.82 Å². The molecule has 2 aromatic heterocycles. The number of fused-ring (bicyclic) bond motifs is 5. The van der Waals surface area contributed by atoms with E-state index in [-0.39, 0.29) is 17.9 Å². The maximum atomic E-state index is 13.9. The van der Waals surface area contributed by atoms with Crippen molar-refractivity contribution in [1.29, 1.82) is 0 Å². The normalized spacial score (nSPS) is 16.6. The highest BCUT2D eigenvalue weighted by Gasteiger charge is 2.36. The number of nitrogens with zero attached hydrogens (tertiary/aromatic N) is 2. The van der Waals surface area contributed by atoms with E-state index >= 15 is 0 Å². The van der Waals surface area contributed by atoms with Crippen molar-refractivity contribution in [1.82, 2.24) is 9.47 Å². The number of halogens is 1. The van der Waals surface area contributed by atoms with Crippen molar-refractivity contribution in [3.8, 4) is 10.8 Å². The van der Waals surface area contributed by atoms with Crippen LogP contribution in [0.4, 0.5) is 14.9 Å². The first-order valence-electron chi connectivity index (χ1n) is 11.9. The Hall–Kier alpha value is -3.58. The van der Waals surface area contributed by atoms with Crippen LogP contribution in [-0.2, 0) is 19.4 Å². The third-order valence-corrected chi connectivity index (χ3v) is 8.30. The molecule has 0 saturated carbocycles. The number of benzene rings is 2. The Morgan fingerprint density at radius 3 is 2.57 bits per heavy atom. The minimum Gasteiger partial charge on any atom is -0.497 e. The predicted molar refractivity (Wildman–Crippen MR) is 136 cm³/mol. The number of urea groups is 1. The highest BCUT2D eigenvalue weighted by atomic mass is 32.1. The molecule has 1 aliphatic carbocycles. The van der Waals surface area contributed by atoms with E-state index in [9.17, 15) is 9.18 Å². The fraction of sp³-hybridized carbons (Fsp3) is 0.250. The Balaban J connectivity index is 1.46. The average Bonchev–Trinajstić information content (AvgIpc) is 3.47. The number of hydrogen-bond acceptors (Lipinski definition) is 3. The maximum absolute atomic E-state index is 13.9. The summed E-state index contributed by atoms with van der Waals surface area (Å²) >= 11 is 1.85. The topological polar surface area (TPSA) is 46.5 Å². The molecule has 3 heterocycles. The van der Waals surface area contributed by atoms with Crippen LogP contribution in [0.25, 0.3) is 5.00 Å². The third-order valence-electron chi connectivity index (χ3n) is 6.97. The van der Waals surface area contributed by atoms with E-state index in [2.05, 4.69) is 22.1 Å². The first-order valence-corrected chi connectivity index (χ1v) is 12.7. The predicted octanol–water partition coefficient (Wildman–Crippen LogP) is 6.70. The first-order chi connectivity index (χ1) is 17.1. The lowest BCUT2D eigenvalue weighted by molar-refractivity contribution is 0.194. The Bertz CT molecular complexity index is 1370. The number of aromatic nitrogens is 1. The highest BCUT2D eigenvalue weighted by Crippen LogP contribution is 2.44. The summed E-state index contributed by atoms with van der Waals surface area (Å²) in [5.74, 6) is 0.439. The van der Waals surface area contributed by atoms with Gasteiger partial charge in [-0.3, -0.25) is 0 Å². The van der Waals surface area contributed by atoms with Gasteiger partial charge in [0.1, 0.15) is 16.6 Å². The average molecular weight is 488 g/mol. The van der Waals surface area contributed by atoms with Gasteiger partial charge in [0, 0.05) is 22.3 Å². The van der Waals surface area contributed by atoms with Crippen LogP contribution in [0.5, 0.6) is 5.75 Å². The van der Waals surface area contributed by atoms with Gasteiger partial charge in [-0.25, -0.2) is 9.18 Å². The minimum atomic E-state index is -0.359. The molecule has 0 radical (unpaired) electrons. The fourth-order valence-electron chi connectivity index (χ4n) is 5.25. The number of nitrogens with one attached hydrogen (secondary N) is 1. The lowest BCUT2D eigenvalue weighted by Crippen LogP contribution is -2.38. The van der Waals surface area contributed by atoms with Gasteiger partial charge in [0.05, 0.1) is 25.4 Å². The van der Waals surface area contributed by atoms with Gasteiger partial charge in [-0.2, -0.15) is 0 Å². The van der Waals surface area contributed by atoms with E-state index in [0.29, 0.717) is 12.2 Å². The monoisotopic (exact) mass is 487 g/mol. The maximum Gasteiger partial charge on any atom is 0.322 e. The molecule has 1 N–H and O–H groups in total. The molecular weight excluding hydrogens is 461 g/mol. The number of carbonyl (C=O) groups is 1. The van der Waals surface area contributed by atoms with Crippen LogP contribution in [0.15, 0.2) is 66.9 Å². The summed E-state index contributed by atoms with van der Waals surface area (Å²) in [5, 5.41) is 4.28. The van der Waals surface area contributed by atoms with Crippen LogP contribution in [-0.4, -0.2) is 22.6 Å². The number of methoxy groups -OCH3 is 1. The first kappa shape index (κ1) is 21.9. The van der Waals surface area contributed by atoms with Crippen LogP contribution < -0.4 is 10.1 Å². The standard InChI is InChI=1S/C28H26FN3O2S/c1-34-21-14-12-20(13-15-21)30-28(33)32-17-23-22-5-2-3-7-25(22)35-27(23)31-16-4-6-24(31)26(32)18-8-10-19(29)11-9-18/h4,6,8-16,26H,2-3,5,7,17H2,1H3,(H,30,33)/t26-/m1/s1. The van der Waals surface area contributed by atoms with E-state index < -0.39 is 0 Å². The zero-order chi connectivity index (χ0) is 23.9. The van der Waals surface area contributed by atoms with Crippen molar-refractivity contribution in [3.05, 3.63) is 99.9 Å². The molecule has 2 amide bonds. The Morgan fingerprint density at radius 2 is 1.80 bits per heavy atom.